The minimum Gasteiger partial charge on any atom is -0.478 e. The Balaban J connectivity index is 1.77. The zero-order valence-corrected chi connectivity index (χ0v) is 15.0. The first kappa shape index (κ1) is 17.7. The van der Waals surface area contributed by atoms with Crippen molar-refractivity contribution in [3.63, 3.8) is 0 Å². The van der Waals surface area contributed by atoms with Gasteiger partial charge in [-0.2, -0.15) is 0 Å². The smallest absolute Gasteiger partial charge is 0.345 e. The van der Waals surface area contributed by atoms with Crippen molar-refractivity contribution in [2.45, 2.75) is 26.4 Å². The van der Waals surface area contributed by atoms with E-state index in [0.29, 0.717) is 12.2 Å². The Kier molecular flexibility index (Phi) is 5.37. The van der Waals surface area contributed by atoms with Gasteiger partial charge in [-0.1, -0.05) is 60.7 Å². The standard InChI is InChI=1S/C23H22O3/c1-16-7-6-8-17(2)21(16)15-22(23(24)25)26-20-13-11-19(12-14-20)18-9-4-3-5-10-18/h3-14,22H,15H2,1-2H3,(H,24,25). The molecule has 0 aliphatic rings. The highest BCUT2D eigenvalue weighted by atomic mass is 16.5. The molecule has 0 aromatic heterocycles. The van der Waals surface area contributed by atoms with Crippen molar-refractivity contribution in [2.24, 2.45) is 0 Å². The molecule has 1 unspecified atom stereocenters. The number of carboxylic acids is 1. The summed E-state index contributed by atoms with van der Waals surface area (Å²) < 4.78 is 5.78. The van der Waals surface area contributed by atoms with Crippen molar-refractivity contribution >= 4 is 5.97 Å². The summed E-state index contributed by atoms with van der Waals surface area (Å²) in [5, 5.41) is 9.59. The van der Waals surface area contributed by atoms with E-state index < -0.39 is 12.1 Å². The second-order valence-corrected chi connectivity index (χ2v) is 6.41. The Hall–Kier alpha value is -3.07. The maximum Gasteiger partial charge on any atom is 0.345 e. The highest BCUT2D eigenvalue weighted by Crippen LogP contribution is 2.24. The molecule has 0 aliphatic carbocycles. The molecule has 3 heteroatoms. The van der Waals surface area contributed by atoms with Gasteiger partial charge in [0.1, 0.15) is 5.75 Å². The molecule has 0 spiro atoms. The summed E-state index contributed by atoms with van der Waals surface area (Å²) in [4.78, 5) is 11.7. The van der Waals surface area contributed by atoms with Crippen LogP contribution in [0, 0.1) is 13.8 Å². The maximum absolute atomic E-state index is 11.7. The average Bonchev–Trinajstić information content (AvgIpc) is 2.65. The van der Waals surface area contributed by atoms with Gasteiger partial charge in [0.2, 0.25) is 0 Å². The van der Waals surface area contributed by atoms with E-state index in [9.17, 15) is 9.90 Å². The van der Waals surface area contributed by atoms with Gasteiger partial charge in [-0.05, 0) is 53.8 Å². The molecule has 3 rings (SSSR count). The number of carboxylic acid groups (broad SMARTS) is 1. The van der Waals surface area contributed by atoms with Gasteiger partial charge in [0, 0.05) is 6.42 Å². The third-order valence-corrected chi connectivity index (χ3v) is 4.55. The van der Waals surface area contributed by atoms with Gasteiger partial charge < -0.3 is 9.84 Å². The van der Waals surface area contributed by atoms with Gasteiger partial charge in [0.15, 0.2) is 6.10 Å². The zero-order chi connectivity index (χ0) is 18.5. The molecule has 1 N–H and O–H groups in total. The Morgan fingerprint density at radius 1 is 0.846 bits per heavy atom. The summed E-state index contributed by atoms with van der Waals surface area (Å²) in [7, 11) is 0. The predicted octanol–water partition coefficient (Wildman–Crippen LogP) is 5.05. The second kappa shape index (κ2) is 7.87. The molecule has 0 amide bonds. The molecule has 0 saturated carbocycles. The first-order valence-corrected chi connectivity index (χ1v) is 8.64. The lowest BCUT2D eigenvalue weighted by atomic mass is 9.97. The van der Waals surface area contributed by atoms with Crippen LogP contribution in [-0.2, 0) is 11.2 Å². The molecule has 0 bridgehead atoms. The lowest BCUT2D eigenvalue weighted by molar-refractivity contribution is -0.145. The topological polar surface area (TPSA) is 46.5 Å². The van der Waals surface area contributed by atoms with Gasteiger partial charge in [-0.25, -0.2) is 4.79 Å². The predicted molar refractivity (Wildman–Crippen MR) is 104 cm³/mol. The maximum atomic E-state index is 11.7. The van der Waals surface area contributed by atoms with Crippen LogP contribution >= 0.6 is 0 Å². The number of benzene rings is 3. The molecular formula is C23H22O3. The van der Waals surface area contributed by atoms with Crippen molar-refractivity contribution in [1.82, 2.24) is 0 Å². The minimum absolute atomic E-state index is 0.342. The Morgan fingerprint density at radius 3 is 2.00 bits per heavy atom. The fourth-order valence-electron chi connectivity index (χ4n) is 3.06. The second-order valence-electron chi connectivity index (χ2n) is 6.41. The molecule has 0 fully saturated rings. The third kappa shape index (κ3) is 4.12. The normalized spacial score (nSPS) is 11.8. The van der Waals surface area contributed by atoms with Crippen molar-refractivity contribution < 1.29 is 14.6 Å². The quantitative estimate of drug-likeness (QED) is 0.680. The summed E-state index contributed by atoms with van der Waals surface area (Å²) in [6, 6.07) is 23.5. The Bertz CT molecular complexity index is 863. The van der Waals surface area contributed by atoms with Crippen LogP contribution in [0.5, 0.6) is 5.75 Å². The van der Waals surface area contributed by atoms with Crippen LogP contribution in [0.2, 0.25) is 0 Å². The molecule has 3 nitrogen and oxygen atoms in total. The summed E-state index contributed by atoms with van der Waals surface area (Å²) in [6.07, 6.45) is -0.578. The molecule has 3 aromatic rings. The van der Waals surface area contributed by atoms with Gasteiger partial charge in [0.05, 0.1) is 0 Å². The van der Waals surface area contributed by atoms with Crippen molar-refractivity contribution in [3.8, 4) is 16.9 Å². The first-order chi connectivity index (χ1) is 12.5. The molecule has 0 aliphatic heterocycles. The summed E-state index contributed by atoms with van der Waals surface area (Å²) in [5.41, 5.74) is 5.38. The largest absolute Gasteiger partial charge is 0.478 e. The van der Waals surface area contributed by atoms with Crippen molar-refractivity contribution in [2.75, 3.05) is 0 Å². The van der Waals surface area contributed by atoms with E-state index in [0.717, 1.165) is 27.8 Å². The van der Waals surface area contributed by atoms with Gasteiger partial charge in [0.25, 0.3) is 0 Å². The van der Waals surface area contributed by atoms with Crippen molar-refractivity contribution in [3.05, 3.63) is 89.5 Å². The van der Waals surface area contributed by atoms with Gasteiger partial charge in [-0.15, -0.1) is 0 Å². The van der Waals surface area contributed by atoms with E-state index in [2.05, 4.69) is 0 Å². The van der Waals surface area contributed by atoms with E-state index in [1.54, 1.807) is 0 Å². The summed E-state index contributed by atoms with van der Waals surface area (Å²) in [5.74, 6) is -0.400. The van der Waals surface area contributed by atoms with E-state index in [-0.39, 0.29) is 0 Å². The number of carbonyl (C=O) groups is 1. The van der Waals surface area contributed by atoms with E-state index in [1.807, 2.05) is 86.6 Å². The van der Waals surface area contributed by atoms with Crippen LogP contribution in [0.4, 0.5) is 0 Å². The summed E-state index contributed by atoms with van der Waals surface area (Å²) in [6.45, 7) is 3.99. The molecular weight excluding hydrogens is 324 g/mol. The lowest BCUT2D eigenvalue weighted by Gasteiger charge is -2.18. The zero-order valence-electron chi connectivity index (χ0n) is 15.0. The third-order valence-electron chi connectivity index (χ3n) is 4.55. The highest BCUT2D eigenvalue weighted by molar-refractivity contribution is 5.73. The minimum atomic E-state index is -0.959. The van der Waals surface area contributed by atoms with E-state index in [4.69, 9.17) is 4.74 Å². The average molecular weight is 346 g/mol. The number of hydrogen-bond donors (Lipinski definition) is 1. The highest BCUT2D eigenvalue weighted by Gasteiger charge is 2.22. The van der Waals surface area contributed by atoms with Crippen LogP contribution < -0.4 is 4.74 Å². The molecule has 0 heterocycles. The van der Waals surface area contributed by atoms with Crippen LogP contribution in [-0.4, -0.2) is 17.2 Å². The van der Waals surface area contributed by atoms with Crippen LogP contribution in [0.15, 0.2) is 72.8 Å². The molecule has 0 radical (unpaired) electrons. The van der Waals surface area contributed by atoms with Gasteiger partial charge >= 0.3 is 5.97 Å². The number of hydrogen-bond acceptors (Lipinski definition) is 2. The monoisotopic (exact) mass is 346 g/mol. The fraction of sp³-hybridized carbons (Fsp3) is 0.174. The van der Waals surface area contributed by atoms with E-state index in [1.165, 1.54) is 0 Å². The molecule has 26 heavy (non-hydrogen) atoms. The molecule has 3 aromatic carbocycles. The number of rotatable bonds is 6. The van der Waals surface area contributed by atoms with Crippen molar-refractivity contribution in [1.29, 1.82) is 0 Å². The van der Waals surface area contributed by atoms with Crippen LogP contribution in [0.1, 0.15) is 16.7 Å². The number of aryl methyl sites for hydroxylation is 2. The van der Waals surface area contributed by atoms with Crippen LogP contribution in [0.25, 0.3) is 11.1 Å². The van der Waals surface area contributed by atoms with E-state index >= 15 is 0 Å². The Labute approximate surface area is 153 Å². The lowest BCUT2D eigenvalue weighted by Crippen LogP contribution is -2.30. The summed E-state index contributed by atoms with van der Waals surface area (Å²) >= 11 is 0. The molecule has 1 atom stereocenters. The molecule has 0 saturated heterocycles. The van der Waals surface area contributed by atoms with Gasteiger partial charge in [-0.3, -0.25) is 0 Å². The number of ether oxygens (including phenoxy) is 1. The van der Waals surface area contributed by atoms with Crippen LogP contribution in [0.3, 0.4) is 0 Å². The molecule has 132 valence electrons. The Morgan fingerprint density at radius 2 is 1.42 bits per heavy atom. The number of aliphatic carboxylic acids is 1. The fourth-order valence-corrected chi connectivity index (χ4v) is 3.06. The SMILES string of the molecule is Cc1cccc(C)c1CC(Oc1ccc(-c2ccccc2)cc1)C(=O)O. The first-order valence-electron chi connectivity index (χ1n) is 8.64.